The van der Waals surface area contributed by atoms with Crippen molar-refractivity contribution in [2.45, 2.75) is 0 Å². The molecule has 62 heavy (non-hydrogen) atoms. The van der Waals surface area contributed by atoms with Gasteiger partial charge in [-0.3, -0.25) is 0 Å². The van der Waals surface area contributed by atoms with Crippen LogP contribution in [0.3, 0.4) is 0 Å². The lowest BCUT2D eigenvalue weighted by Gasteiger charge is -2.23. The topological polar surface area (TPSA) is 42.9 Å². The Hall–Kier alpha value is -8.71. The van der Waals surface area contributed by atoms with Crippen molar-refractivity contribution in [3.63, 3.8) is 0 Å². The van der Waals surface area contributed by atoms with E-state index in [4.69, 9.17) is 0 Å². The van der Waals surface area contributed by atoms with Gasteiger partial charge < -0.3 is 13.7 Å². The van der Waals surface area contributed by atoms with Gasteiger partial charge in [-0.2, -0.15) is 5.26 Å². The monoisotopic (exact) mass is 791 g/mol. The lowest BCUT2D eigenvalue weighted by molar-refractivity contribution is 0.614. The van der Waals surface area contributed by atoms with Crippen LogP contribution in [-0.4, -0.2) is 13.7 Å². The first-order valence-corrected chi connectivity index (χ1v) is 20.6. The van der Waals surface area contributed by atoms with E-state index in [-0.39, 0.29) is 22.6 Å². The van der Waals surface area contributed by atoms with Crippen LogP contribution in [0, 0.1) is 23.7 Å². The minimum Gasteiger partial charge on any atom is -0.317 e. The van der Waals surface area contributed by atoms with Crippen LogP contribution in [-0.2, 0) is 0 Å². The summed E-state index contributed by atoms with van der Waals surface area (Å²) < 4.78 is 25.3. The maximum atomic E-state index is 19.4. The van der Waals surface area contributed by atoms with Gasteiger partial charge in [-0.05, 0) is 34.4 Å². The molecule has 0 saturated heterocycles. The molecule has 0 saturated carbocycles. The predicted molar refractivity (Wildman–Crippen MR) is 253 cm³/mol. The lowest BCUT2D eigenvalue weighted by Crippen LogP contribution is -2.12. The SMILES string of the molecule is [C-]#[N+]c1c(-n2c3ccccc3c3ccc4ccccc4c32)c(F)c(-n2c3ccccc3c3ccc4ccccc4c32)c(C#N)c1-n1c2ccccc2c2ccc3ccccc3c21. The normalized spacial score (nSPS) is 11.9. The molecule has 0 aliphatic rings. The number of fused-ring (bicyclic) bond motifs is 15. The molecule has 5 nitrogen and oxygen atoms in total. The molecule has 0 N–H and O–H groups in total. The van der Waals surface area contributed by atoms with E-state index < -0.39 is 5.82 Å². The molecule has 3 aromatic heterocycles. The van der Waals surface area contributed by atoms with Crippen molar-refractivity contribution in [1.29, 1.82) is 5.26 Å². The second-order valence-corrected chi connectivity index (χ2v) is 15.9. The van der Waals surface area contributed by atoms with Gasteiger partial charge in [0.1, 0.15) is 11.8 Å². The van der Waals surface area contributed by atoms with Gasteiger partial charge in [-0.15, -0.1) is 0 Å². The van der Waals surface area contributed by atoms with Gasteiger partial charge in [0, 0.05) is 48.5 Å². The van der Waals surface area contributed by atoms with E-state index in [1.54, 1.807) is 0 Å². The van der Waals surface area contributed by atoms with E-state index in [9.17, 15) is 11.8 Å². The quantitative estimate of drug-likeness (QED) is 0.164. The van der Waals surface area contributed by atoms with Crippen LogP contribution < -0.4 is 0 Å². The number of nitrogens with zero attached hydrogens (tertiary/aromatic N) is 5. The highest BCUT2D eigenvalue weighted by atomic mass is 19.1. The number of benzene rings is 10. The van der Waals surface area contributed by atoms with Crippen LogP contribution in [0.4, 0.5) is 10.1 Å². The Morgan fingerprint density at radius 2 is 0.726 bits per heavy atom. The van der Waals surface area contributed by atoms with Crippen molar-refractivity contribution in [2.24, 2.45) is 0 Å². The van der Waals surface area contributed by atoms with Gasteiger partial charge in [0.2, 0.25) is 5.69 Å². The molecule has 0 radical (unpaired) electrons. The Morgan fingerprint density at radius 1 is 0.387 bits per heavy atom. The Morgan fingerprint density at radius 3 is 1.11 bits per heavy atom. The van der Waals surface area contributed by atoms with Crippen molar-refractivity contribution >= 4 is 103 Å². The molecule has 3 heterocycles. The number of aromatic nitrogens is 3. The van der Waals surface area contributed by atoms with Crippen LogP contribution in [0.25, 0.3) is 120 Å². The molecule has 0 atom stereocenters. The summed E-state index contributed by atoms with van der Waals surface area (Å²) in [5.41, 5.74) is 5.34. The van der Waals surface area contributed by atoms with E-state index >= 15 is 4.39 Å². The summed E-state index contributed by atoms with van der Waals surface area (Å²) in [5.74, 6) is -0.659. The van der Waals surface area contributed by atoms with Crippen molar-refractivity contribution in [3.8, 4) is 23.1 Å². The number of hydrogen-bond acceptors (Lipinski definition) is 1. The highest BCUT2D eigenvalue weighted by Crippen LogP contribution is 2.50. The van der Waals surface area contributed by atoms with Crippen LogP contribution >= 0.6 is 0 Å². The summed E-state index contributed by atoms with van der Waals surface area (Å²) in [6, 6.07) is 63.7. The molecule has 13 rings (SSSR count). The third kappa shape index (κ3) is 4.37. The van der Waals surface area contributed by atoms with E-state index in [1.165, 1.54) is 0 Å². The summed E-state index contributed by atoms with van der Waals surface area (Å²) in [4.78, 5) is 4.34. The fourth-order valence-electron chi connectivity index (χ4n) is 10.4. The first kappa shape index (κ1) is 34.2. The molecule has 0 unspecified atom stereocenters. The average Bonchev–Trinajstić information content (AvgIpc) is 3.97. The Labute approximate surface area is 353 Å². The summed E-state index contributed by atoms with van der Waals surface area (Å²) in [6.07, 6.45) is 0. The van der Waals surface area contributed by atoms with Crippen molar-refractivity contribution in [2.75, 3.05) is 0 Å². The van der Waals surface area contributed by atoms with E-state index in [0.717, 1.165) is 97.7 Å². The van der Waals surface area contributed by atoms with Crippen LogP contribution in [0.5, 0.6) is 0 Å². The zero-order valence-corrected chi connectivity index (χ0v) is 32.9. The minimum absolute atomic E-state index is 0.0413. The first-order chi connectivity index (χ1) is 30.7. The first-order valence-electron chi connectivity index (χ1n) is 20.6. The smallest absolute Gasteiger partial charge is 0.238 e. The zero-order valence-electron chi connectivity index (χ0n) is 32.9. The van der Waals surface area contributed by atoms with Gasteiger partial charge in [0.15, 0.2) is 5.82 Å². The molecule has 0 aliphatic carbocycles. The average molecular weight is 792 g/mol. The Kier molecular flexibility index (Phi) is 6.97. The third-order valence-electron chi connectivity index (χ3n) is 12.9. The Bertz CT molecular complexity index is 4010. The summed E-state index contributed by atoms with van der Waals surface area (Å²) in [5, 5.41) is 23.3. The van der Waals surface area contributed by atoms with Gasteiger partial charge >= 0.3 is 0 Å². The number of nitriles is 1. The molecule has 0 fully saturated rings. The van der Waals surface area contributed by atoms with Gasteiger partial charge in [-0.25, -0.2) is 9.24 Å². The van der Waals surface area contributed by atoms with Gasteiger partial charge in [0.25, 0.3) is 0 Å². The van der Waals surface area contributed by atoms with Crippen molar-refractivity contribution in [1.82, 2.24) is 13.7 Å². The number of para-hydroxylation sites is 3. The largest absolute Gasteiger partial charge is 0.317 e. The number of halogens is 1. The number of hydrogen-bond donors (Lipinski definition) is 0. The Balaban J connectivity index is 1.35. The van der Waals surface area contributed by atoms with Crippen molar-refractivity contribution < 1.29 is 4.39 Å². The molecule has 10 aromatic carbocycles. The van der Waals surface area contributed by atoms with E-state index in [1.807, 2.05) is 100 Å². The highest BCUT2D eigenvalue weighted by Gasteiger charge is 2.33. The lowest BCUT2D eigenvalue weighted by atomic mass is 10.0. The second kappa shape index (κ2) is 12.6. The molecule has 0 amide bonds. The van der Waals surface area contributed by atoms with Crippen LogP contribution in [0.1, 0.15) is 5.56 Å². The zero-order chi connectivity index (χ0) is 41.2. The van der Waals surface area contributed by atoms with Crippen LogP contribution in [0.15, 0.2) is 182 Å². The molecular weight excluding hydrogens is 762 g/mol. The van der Waals surface area contributed by atoms with Crippen LogP contribution in [0.2, 0.25) is 0 Å². The molecule has 0 bridgehead atoms. The fourth-order valence-corrected chi connectivity index (χ4v) is 10.4. The second-order valence-electron chi connectivity index (χ2n) is 15.9. The standard InChI is InChI=1S/C56H30FN5/c1-59-50-55(61-47-24-12-9-21-40(47)43-30-27-34-15-3-6-18-37(34)52(43)61)45(32-58)54(60-46-23-11-8-20-39(46)42-29-26-33-14-2-5-17-36(33)51(42)60)49(57)56(50)62-48-25-13-10-22-41(48)44-31-28-35-16-4-7-19-38(35)53(44)62/h2-31H. The van der Waals surface area contributed by atoms with Gasteiger partial charge in [0.05, 0.1) is 56.6 Å². The molecule has 286 valence electrons. The molecular formula is C56H30FN5. The number of rotatable bonds is 3. The summed E-state index contributed by atoms with van der Waals surface area (Å²) in [6.45, 7) is 9.19. The summed E-state index contributed by atoms with van der Waals surface area (Å²) in [7, 11) is 0. The predicted octanol–water partition coefficient (Wildman–Crippen LogP) is 15.0. The molecule has 0 aliphatic heterocycles. The highest BCUT2D eigenvalue weighted by molar-refractivity contribution is 6.22. The van der Waals surface area contributed by atoms with E-state index in [0.29, 0.717) is 5.69 Å². The van der Waals surface area contributed by atoms with Crippen molar-refractivity contribution in [3.05, 3.63) is 205 Å². The van der Waals surface area contributed by atoms with Gasteiger partial charge in [-0.1, -0.05) is 164 Å². The minimum atomic E-state index is -0.659. The fraction of sp³-hybridized carbons (Fsp3) is 0. The molecule has 6 heteroatoms. The molecule has 0 spiro atoms. The maximum absolute atomic E-state index is 19.4. The third-order valence-corrected chi connectivity index (χ3v) is 12.9. The maximum Gasteiger partial charge on any atom is 0.238 e. The van der Waals surface area contributed by atoms with E-state index in [2.05, 4.69) is 106 Å². The summed E-state index contributed by atoms with van der Waals surface area (Å²) >= 11 is 0. The molecule has 13 aromatic rings.